The molecule has 0 radical (unpaired) electrons. The Labute approximate surface area is 178 Å². The lowest BCUT2D eigenvalue weighted by Crippen LogP contribution is -2.30. The largest absolute Gasteiger partial charge is 0.497 e. The van der Waals surface area contributed by atoms with Crippen molar-refractivity contribution in [1.29, 1.82) is 0 Å². The molecule has 1 aliphatic rings. The SMILES string of the molecule is COc1ccc(C(=O)OC2N=C(c3ccccc3)c3cc(Cl)ccc3NC2=O)cc1. The molecule has 30 heavy (non-hydrogen) atoms. The number of halogens is 1. The van der Waals surface area contributed by atoms with Crippen LogP contribution in [0.4, 0.5) is 5.69 Å². The Morgan fingerprint density at radius 2 is 1.77 bits per heavy atom. The van der Waals surface area contributed by atoms with E-state index in [0.717, 1.165) is 5.56 Å². The second-order valence-corrected chi connectivity index (χ2v) is 6.95. The molecule has 1 unspecified atom stereocenters. The number of anilines is 1. The Kier molecular flexibility index (Phi) is 5.50. The van der Waals surface area contributed by atoms with Crippen molar-refractivity contribution in [3.8, 4) is 5.75 Å². The third-order valence-corrected chi connectivity index (χ3v) is 4.79. The molecular formula is C23H17ClN2O4. The summed E-state index contributed by atoms with van der Waals surface area (Å²) in [5, 5.41) is 3.27. The van der Waals surface area contributed by atoms with Gasteiger partial charge in [0, 0.05) is 16.1 Å². The first-order valence-corrected chi connectivity index (χ1v) is 9.52. The number of hydrogen-bond donors (Lipinski definition) is 1. The predicted octanol–water partition coefficient (Wildman–Crippen LogP) is 4.32. The van der Waals surface area contributed by atoms with Gasteiger partial charge in [-0.05, 0) is 42.5 Å². The van der Waals surface area contributed by atoms with Gasteiger partial charge in [0.25, 0.3) is 12.1 Å². The Hall–Kier alpha value is -3.64. The number of hydrogen-bond acceptors (Lipinski definition) is 5. The van der Waals surface area contributed by atoms with Gasteiger partial charge in [-0.15, -0.1) is 0 Å². The van der Waals surface area contributed by atoms with Crippen LogP contribution in [0.25, 0.3) is 0 Å². The van der Waals surface area contributed by atoms with Crippen LogP contribution in [0.15, 0.2) is 77.8 Å². The molecule has 0 fully saturated rings. The van der Waals surface area contributed by atoms with Crippen LogP contribution >= 0.6 is 11.6 Å². The second-order valence-electron chi connectivity index (χ2n) is 6.51. The summed E-state index contributed by atoms with van der Waals surface area (Å²) in [5.74, 6) is -0.611. The summed E-state index contributed by atoms with van der Waals surface area (Å²) in [6, 6.07) is 20.8. The van der Waals surface area contributed by atoms with Crippen LogP contribution < -0.4 is 10.1 Å². The number of benzene rings is 3. The summed E-state index contributed by atoms with van der Waals surface area (Å²) in [6.45, 7) is 0. The number of rotatable bonds is 4. The summed E-state index contributed by atoms with van der Waals surface area (Å²) >= 11 is 6.18. The highest BCUT2D eigenvalue weighted by molar-refractivity contribution is 6.32. The third kappa shape index (κ3) is 4.04. The van der Waals surface area contributed by atoms with Crippen molar-refractivity contribution in [2.75, 3.05) is 12.4 Å². The summed E-state index contributed by atoms with van der Waals surface area (Å²) in [5.41, 5.74) is 2.73. The molecule has 6 nitrogen and oxygen atoms in total. The standard InChI is InChI=1S/C23H17ClN2O4/c1-29-17-10-7-15(8-11-17)23(28)30-22-21(27)25-19-12-9-16(24)13-18(19)20(26-22)14-5-3-2-4-6-14/h2-13,22H,1H3,(H,25,27). The number of carbonyl (C=O) groups is 2. The van der Waals surface area contributed by atoms with Crippen LogP contribution in [0.1, 0.15) is 21.5 Å². The van der Waals surface area contributed by atoms with E-state index in [0.29, 0.717) is 27.7 Å². The van der Waals surface area contributed by atoms with Crippen molar-refractivity contribution < 1.29 is 19.1 Å². The summed E-state index contributed by atoms with van der Waals surface area (Å²) in [4.78, 5) is 29.9. The van der Waals surface area contributed by atoms with E-state index in [4.69, 9.17) is 21.1 Å². The monoisotopic (exact) mass is 420 g/mol. The maximum Gasteiger partial charge on any atom is 0.340 e. The van der Waals surface area contributed by atoms with Crippen molar-refractivity contribution in [1.82, 2.24) is 0 Å². The highest BCUT2D eigenvalue weighted by Gasteiger charge is 2.29. The minimum absolute atomic E-state index is 0.282. The lowest BCUT2D eigenvalue weighted by atomic mass is 10.0. The minimum atomic E-state index is -1.36. The van der Waals surface area contributed by atoms with E-state index < -0.39 is 18.1 Å². The topological polar surface area (TPSA) is 77.0 Å². The van der Waals surface area contributed by atoms with Gasteiger partial charge in [0.1, 0.15) is 5.75 Å². The number of methoxy groups -OCH3 is 1. The molecule has 0 saturated carbocycles. The first-order chi connectivity index (χ1) is 14.5. The average Bonchev–Trinajstić information content (AvgIpc) is 2.91. The van der Waals surface area contributed by atoms with Gasteiger partial charge < -0.3 is 14.8 Å². The number of nitrogens with one attached hydrogen (secondary N) is 1. The molecule has 3 aromatic carbocycles. The number of benzodiazepines with no additional fused rings is 1. The maximum absolute atomic E-state index is 12.8. The molecule has 3 aromatic rings. The summed E-state index contributed by atoms with van der Waals surface area (Å²) in [7, 11) is 1.53. The zero-order valence-electron chi connectivity index (χ0n) is 16.0. The fourth-order valence-electron chi connectivity index (χ4n) is 3.06. The minimum Gasteiger partial charge on any atom is -0.497 e. The smallest absolute Gasteiger partial charge is 0.340 e. The lowest BCUT2D eigenvalue weighted by molar-refractivity contribution is -0.124. The highest BCUT2D eigenvalue weighted by Crippen LogP contribution is 2.27. The Balaban J connectivity index is 1.72. The van der Waals surface area contributed by atoms with E-state index in [1.807, 2.05) is 30.3 Å². The molecule has 1 amide bonds. The molecule has 0 spiro atoms. The third-order valence-electron chi connectivity index (χ3n) is 4.56. The number of aliphatic imine (C=N–C) groups is 1. The molecule has 0 bridgehead atoms. The van der Waals surface area contributed by atoms with Crippen molar-refractivity contribution in [2.24, 2.45) is 4.99 Å². The van der Waals surface area contributed by atoms with E-state index >= 15 is 0 Å². The average molecular weight is 421 g/mol. The highest BCUT2D eigenvalue weighted by atomic mass is 35.5. The number of amides is 1. The number of esters is 1. The molecule has 7 heteroatoms. The van der Waals surface area contributed by atoms with Crippen molar-refractivity contribution in [3.63, 3.8) is 0 Å². The van der Waals surface area contributed by atoms with E-state index in [-0.39, 0.29) is 5.56 Å². The quantitative estimate of drug-likeness (QED) is 0.637. The molecule has 4 rings (SSSR count). The van der Waals surface area contributed by atoms with Gasteiger partial charge in [-0.25, -0.2) is 9.79 Å². The van der Waals surface area contributed by atoms with Gasteiger partial charge in [-0.2, -0.15) is 0 Å². The van der Waals surface area contributed by atoms with E-state index in [1.54, 1.807) is 42.5 Å². The number of ether oxygens (including phenoxy) is 2. The lowest BCUT2D eigenvalue weighted by Gasteiger charge is -2.12. The van der Waals surface area contributed by atoms with Gasteiger partial charge in [-0.1, -0.05) is 41.9 Å². The van der Waals surface area contributed by atoms with Crippen molar-refractivity contribution in [2.45, 2.75) is 6.23 Å². The zero-order valence-corrected chi connectivity index (χ0v) is 16.7. The second kappa shape index (κ2) is 8.39. The van der Waals surface area contributed by atoms with Crippen LogP contribution in [0.3, 0.4) is 0 Å². The van der Waals surface area contributed by atoms with Crippen LogP contribution in [-0.2, 0) is 9.53 Å². The van der Waals surface area contributed by atoms with Crippen LogP contribution in [0.5, 0.6) is 5.75 Å². The zero-order chi connectivity index (χ0) is 21.1. The fraction of sp³-hybridized carbons (Fsp3) is 0.0870. The fourth-order valence-corrected chi connectivity index (χ4v) is 3.24. The van der Waals surface area contributed by atoms with Crippen LogP contribution in [0, 0.1) is 0 Å². The summed E-state index contributed by atoms with van der Waals surface area (Å²) < 4.78 is 10.5. The molecule has 1 atom stereocenters. The van der Waals surface area contributed by atoms with E-state index in [2.05, 4.69) is 10.3 Å². The van der Waals surface area contributed by atoms with Crippen molar-refractivity contribution >= 4 is 34.9 Å². The Morgan fingerprint density at radius 3 is 2.47 bits per heavy atom. The molecule has 150 valence electrons. The maximum atomic E-state index is 12.8. The van der Waals surface area contributed by atoms with E-state index in [1.165, 1.54) is 7.11 Å². The predicted molar refractivity (Wildman–Crippen MR) is 114 cm³/mol. The van der Waals surface area contributed by atoms with Gasteiger partial charge in [0.2, 0.25) is 0 Å². The van der Waals surface area contributed by atoms with Gasteiger partial charge in [0.15, 0.2) is 0 Å². The molecule has 0 aliphatic carbocycles. The van der Waals surface area contributed by atoms with Crippen LogP contribution in [-0.4, -0.2) is 30.9 Å². The van der Waals surface area contributed by atoms with Gasteiger partial charge >= 0.3 is 5.97 Å². The molecule has 1 heterocycles. The molecule has 0 aromatic heterocycles. The Morgan fingerprint density at radius 1 is 1.03 bits per heavy atom. The molecule has 1 aliphatic heterocycles. The molecule has 1 N–H and O–H groups in total. The van der Waals surface area contributed by atoms with Gasteiger partial charge in [0.05, 0.1) is 24.1 Å². The molecular weight excluding hydrogens is 404 g/mol. The number of fused-ring (bicyclic) bond motifs is 1. The number of nitrogens with zero attached hydrogens (tertiary/aromatic N) is 1. The van der Waals surface area contributed by atoms with E-state index in [9.17, 15) is 9.59 Å². The molecule has 0 saturated heterocycles. The Bertz CT molecular complexity index is 1130. The first-order valence-electron chi connectivity index (χ1n) is 9.14. The van der Waals surface area contributed by atoms with Crippen molar-refractivity contribution in [3.05, 3.63) is 94.5 Å². The number of carbonyl (C=O) groups excluding carboxylic acids is 2. The summed E-state index contributed by atoms with van der Waals surface area (Å²) in [6.07, 6.45) is -1.36. The first kappa shape index (κ1) is 19.7. The van der Waals surface area contributed by atoms with Gasteiger partial charge in [-0.3, -0.25) is 4.79 Å². The van der Waals surface area contributed by atoms with Crippen LogP contribution in [0.2, 0.25) is 5.02 Å². The normalized spacial score (nSPS) is 15.3.